The predicted octanol–water partition coefficient (Wildman–Crippen LogP) is 2.43. The Labute approximate surface area is 115 Å². The van der Waals surface area contributed by atoms with E-state index in [1.54, 1.807) is 0 Å². The fraction of sp³-hybridized carbons (Fsp3) is 1.00. The maximum atomic E-state index is 3.69. The molecule has 3 heteroatoms. The Bertz CT molecular complexity index is 171. The van der Waals surface area contributed by atoms with Crippen molar-refractivity contribution in [3.63, 3.8) is 0 Å². The smallest absolute Gasteiger partial charge is 0.0194 e. The average molecular weight is 257 g/mol. The van der Waals surface area contributed by atoms with Gasteiger partial charge < -0.3 is 15.1 Å². The van der Waals surface area contributed by atoms with Crippen LogP contribution in [0.3, 0.4) is 0 Å². The van der Waals surface area contributed by atoms with Gasteiger partial charge in [0.2, 0.25) is 0 Å². The summed E-state index contributed by atoms with van der Waals surface area (Å²) in [5.74, 6) is 0. The third-order valence-corrected chi connectivity index (χ3v) is 3.20. The highest BCUT2D eigenvalue weighted by Crippen LogP contribution is 2.02. The zero-order valence-electron chi connectivity index (χ0n) is 13.3. The van der Waals surface area contributed by atoms with Gasteiger partial charge in [-0.1, -0.05) is 27.2 Å². The molecule has 0 aromatic rings. The molecular weight excluding hydrogens is 222 g/mol. The summed E-state index contributed by atoms with van der Waals surface area (Å²) < 4.78 is 0. The standard InChI is InChI=1S/C15H35N3/c1-6-9-15(16-10-7-2)14-18(11-8-3)13-12-17(4)5/h15-16H,6-14H2,1-5H3. The molecule has 0 aromatic heterocycles. The zero-order chi connectivity index (χ0) is 13.8. The van der Waals surface area contributed by atoms with Crippen molar-refractivity contribution < 1.29 is 0 Å². The van der Waals surface area contributed by atoms with Gasteiger partial charge in [-0.3, -0.25) is 0 Å². The molecule has 1 atom stereocenters. The number of hydrogen-bond acceptors (Lipinski definition) is 3. The van der Waals surface area contributed by atoms with Crippen molar-refractivity contribution in [2.45, 2.75) is 52.5 Å². The van der Waals surface area contributed by atoms with Gasteiger partial charge >= 0.3 is 0 Å². The number of nitrogens with zero attached hydrogens (tertiary/aromatic N) is 2. The minimum atomic E-state index is 0.670. The molecule has 0 aliphatic carbocycles. The zero-order valence-corrected chi connectivity index (χ0v) is 13.3. The van der Waals surface area contributed by atoms with E-state index in [9.17, 15) is 0 Å². The van der Waals surface area contributed by atoms with Gasteiger partial charge in [0, 0.05) is 25.7 Å². The molecule has 110 valence electrons. The summed E-state index contributed by atoms with van der Waals surface area (Å²) in [5, 5.41) is 3.69. The second-order valence-corrected chi connectivity index (χ2v) is 5.54. The maximum Gasteiger partial charge on any atom is 0.0194 e. The molecular formula is C15H35N3. The number of hydrogen-bond donors (Lipinski definition) is 1. The van der Waals surface area contributed by atoms with Crippen molar-refractivity contribution in [1.29, 1.82) is 0 Å². The van der Waals surface area contributed by atoms with E-state index in [1.165, 1.54) is 45.3 Å². The fourth-order valence-electron chi connectivity index (χ4n) is 2.22. The van der Waals surface area contributed by atoms with Gasteiger partial charge in [-0.25, -0.2) is 0 Å². The lowest BCUT2D eigenvalue weighted by atomic mass is 10.1. The predicted molar refractivity (Wildman–Crippen MR) is 82.3 cm³/mol. The van der Waals surface area contributed by atoms with Crippen LogP contribution in [-0.2, 0) is 0 Å². The van der Waals surface area contributed by atoms with Crippen molar-refractivity contribution >= 4 is 0 Å². The Morgan fingerprint density at radius 2 is 1.61 bits per heavy atom. The molecule has 0 bridgehead atoms. The molecule has 18 heavy (non-hydrogen) atoms. The van der Waals surface area contributed by atoms with Crippen LogP contribution in [0.5, 0.6) is 0 Å². The van der Waals surface area contributed by atoms with Gasteiger partial charge in [0.05, 0.1) is 0 Å². The molecule has 0 saturated heterocycles. The summed E-state index contributed by atoms with van der Waals surface area (Å²) in [6.45, 7) is 12.7. The van der Waals surface area contributed by atoms with E-state index in [-0.39, 0.29) is 0 Å². The van der Waals surface area contributed by atoms with Crippen LogP contribution in [0.1, 0.15) is 46.5 Å². The van der Waals surface area contributed by atoms with Crippen LogP contribution in [0.15, 0.2) is 0 Å². The SMILES string of the molecule is CCCNC(CCC)CN(CCC)CCN(C)C. The summed E-state index contributed by atoms with van der Waals surface area (Å²) in [5.41, 5.74) is 0. The summed E-state index contributed by atoms with van der Waals surface area (Å²) in [7, 11) is 4.31. The molecule has 1 unspecified atom stereocenters. The second-order valence-electron chi connectivity index (χ2n) is 5.54. The van der Waals surface area contributed by atoms with Crippen molar-refractivity contribution in [2.75, 3.05) is 46.8 Å². The Morgan fingerprint density at radius 1 is 0.889 bits per heavy atom. The molecule has 3 nitrogen and oxygen atoms in total. The van der Waals surface area contributed by atoms with Crippen molar-refractivity contribution in [3.05, 3.63) is 0 Å². The highest BCUT2D eigenvalue weighted by molar-refractivity contribution is 4.72. The van der Waals surface area contributed by atoms with E-state index >= 15 is 0 Å². The van der Waals surface area contributed by atoms with Crippen LogP contribution in [0.2, 0.25) is 0 Å². The Balaban J connectivity index is 4.12. The average Bonchev–Trinajstić information content (AvgIpc) is 2.33. The minimum Gasteiger partial charge on any atom is -0.313 e. The van der Waals surface area contributed by atoms with Gasteiger partial charge in [-0.2, -0.15) is 0 Å². The number of rotatable bonds is 12. The van der Waals surface area contributed by atoms with E-state index in [1.807, 2.05) is 0 Å². The highest BCUT2D eigenvalue weighted by atomic mass is 15.2. The third-order valence-electron chi connectivity index (χ3n) is 3.20. The van der Waals surface area contributed by atoms with E-state index in [0.29, 0.717) is 6.04 Å². The van der Waals surface area contributed by atoms with Gasteiger partial charge in [0.15, 0.2) is 0 Å². The molecule has 0 radical (unpaired) electrons. The topological polar surface area (TPSA) is 18.5 Å². The van der Waals surface area contributed by atoms with Gasteiger partial charge in [-0.15, -0.1) is 0 Å². The van der Waals surface area contributed by atoms with Crippen LogP contribution in [0.4, 0.5) is 0 Å². The van der Waals surface area contributed by atoms with E-state index in [2.05, 4.69) is 50.0 Å². The third kappa shape index (κ3) is 9.86. The first-order valence-electron chi connectivity index (χ1n) is 7.74. The van der Waals surface area contributed by atoms with Crippen molar-refractivity contribution in [3.8, 4) is 0 Å². The monoisotopic (exact) mass is 257 g/mol. The molecule has 0 aromatic carbocycles. The lowest BCUT2D eigenvalue weighted by molar-refractivity contribution is 0.213. The molecule has 0 rings (SSSR count). The molecule has 0 heterocycles. The largest absolute Gasteiger partial charge is 0.313 e. The highest BCUT2D eigenvalue weighted by Gasteiger charge is 2.12. The lowest BCUT2D eigenvalue weighted by Gasteiger charge is -2.29. The number of nitrogens with one attached hydrogen (secondary N) is 1. The van der Waals surface area contributed by atoms with E-state index in [0.717, 1.165) is 13.1 Å². The van der Waals surface area contributed by atoms with Crippen LogP contribution in [0, 0.1) is 0 Å². The summed E-state index contributed by atoms with van der Waals surface area (Å²) in [6.07, 6.45) is 5.04. The molecule has 0 amide bonds. The summed E-state index contributed by atoms with van der Waals surface area (Å²) in [4.78, 5) is 4.89. The molecule has 0 aliphatic heterocycles. The fourth-order valence-corrected chi connectivity index (χ4v) is 2.22. The van der Waals surface area contributed by atoms with Crippen molar-refractivity contribution in [2.24, 2.45) is 0 Å². The van der Waals surface area contributed by atoms with Crippen molar-refractivity contribution in [1.82, 2.24) is 15.1 Å². The first-order valence-corrected chi connectivity index (χ1v) is 7.74. The summed E-state index contributed by atoms with van der Waals surface area (Å²) >= 11 is 0. The van der Waals surface area contributed by atoms with Crippen LogP contribution in [-0.4, -0.2) is 62.7 Å². The number of likely N-dealkylation sites (N-methyl/N-ethyl adjacent to an activating group) is 1. The van der Waals surface area contributed by atoms with Crippen LogP contribution in [0.25, 0.3) is 0 Å². The molecule has 0 spiro atoms. The van der Waals surface area contributed by atoms with Gasteiger partial charge in [-0.05, 0) is 46.4 Å². The van der Waals surface area contributed by atoms with Gasteiger partial charge in [0.25, 0.3) is 0 Å². The first-order chi connectivity index (χ1) is 8.63. The Morgan fingerprint density at radius 3 is 2.11 bits per heavy atom. The quantitative estimate of drug-likeness (QED) is 0.579. The first kappa shape index (κ1) is 17.9. The van der Waals surface area contributed by atoms with Crippen LogP contribution < -0.4 is 5.32 Å². The van der Waals surface area contributed by atoms with Gasteiger partial charge in [0.1, 0.15) is 0 Å². The molecule has 0 aliphatic rings. The normalized spacial score (nSPS) is 13.5. The lowest BCUT2D eigenvalue weighted by Crippen LogP contribution is -2.43. The van der Waals surface area contributed by atoms with E-state index in [4.69, 9.17) is 0 Å². The maximum absolute atomic E-state index is 3.69. The molecule has 1 N–H and O–H groups in total. The second kappa shape index (κ2) is 11.9. The summed E-state index contributed by atoms with van der Waals surface area (Å²) in [6, 6.07) is 0.670. The molecule has 0 fully saturated rings. The van der Waals surface area contributed by atoms with E-state index < -0.39 is 0 Å². The Hall–Kier alpha value is -0.120. The molecule has 0 saturated carbocycles. The Kier molecular flexibility index (Phi) is 11.9. The minimum absolute atomic E-state index is 0.670. The van der Waals surface area contributed by atoms with Crippen LogP contribution >= 0.6 is 0 Å².